The number of rotatable bonds is 7. The van der Waals surface area contributed by atoms with Crippen molar-refractivity contribution in [2.24, 2.45) is 0 Å². The second kappa shape index (κ2) is 7.44. The van der Waals surface area contributed by atoms with Crippen LogP contribution in [-0.4, -0.2) is 60.6 Å². The van der Waals surface area contributed by atoms with E-state index in [2.05, 4.69) is 17.3 Å². The summed E-state index contributed by atoms with van der Waals surface area (Å²) >= 11 is 0. The zero-order chi connectivity index (χ0) is 17.0. The topological polar surface area (TPSA) is 84.3 Å². The lowest BCUT2D eigenvalue weighted by atomic mass is 10.3. The molecule has 1 unspecified atom stereocenters. The number of hydrogen-bond acceptors (Lipinski definition) is 5. The summed E-state index contributed by atoms with van der Waals surface area (Å²) in [7, 11) is -1.07. The number of amides is 1. The Bertz CT molecular complexity index is 654. The van der Waals surface area contributed by atoms with E-state index in [1.54, 1.807) is 10.7 Å². The summed E-state index contributed by atoms with van der Waals surface area (Å²) in [6, 6.07) is 1.59. The first-order chi connectivity index (χ1) is 10.8. The van der Waals surface area contributed by atoms with Crippen molar-refractivity contribution in [2.75, 3.05) is 37.0 Å². The molecule has 2 rings (SSSR count). The number of aryl methyl sites for hydroxylation is 1. The molecule has 1 aromatic rings. The first kappa shape index (κ1) is 17.9. The summed E-state index contributed by atoms with van der Waals surface area (Å²) in [5.41, 5.74) is 0.768. The third-order valence-electron chi connectivity index (χ3n) is 3.99. The Hall–Kier alpha value is -1.41. The Labute approximate surface area is 138 Å². The second-order valence-electron chi connectivity index (χ2n) is 6.31. The summed E-state index contributed by atoms with van der Waals surface area (Å²) in [4.78, 5) is 14.2. The van der Waals surface area contributed by atoms with Crippen LogP contribution in [0.1, 0.15) is 37.9 Å². The molecule has 8 heteroatoms. The molecule has 1 amide bonds. The zero-order valence-corrected chi connectivity index (χ0v) is 14.9. The summed E-state index contributed by atoms with van der Waals surface area (Å²) in [6.07, 6.45) is 2.69. The summed E-state index contributed by atoms with van der Waals surface area (Å²) < 4.78 is 25.0. The molecule has 23 heavy (non-hydrogen) atoms. The van der Waals surface area contributed by atoms with Crippen LogP contribution in [0.3, 0.4) is 0 Å². The summed E-state index contributed by atoms with van der Waals surface area (Å²) in [5.74, 6) is 0.751. The molecule has 1 fully saturated rings. The van der Waals surface area contributed by atoms with Crippen molar-refractivity contribution >= 4 is 21.6 Å². The Morgan fingerprint density at radius 1 is 1.52 bits per heavy atom. The van der Waals surface area contributed by atoms with Gasteiger partial charge < -0.3 is 5.32 Å². The van der Waals surface area contributed by atoms with E-state index in [1.807, 2.05) is 18.9 Å². The lowest BCUT2D eigenvalue weighted by Gasteiger charge is -2.17. The fourth-order valence-corrected chi connectivity index (χ4v) is 4.48. The van der Waals surface area contributed by atoms with Crippen LogP contribution in [0.5, 0.6) is 0 Å². The third kappa shape index (κ3) is 5.04. The molecule has 0 bridgehead atoms. The molecule has 0 spiro atoms. The van der Waals surface area contributed by atoms with Crippen LogP contribution in [0, 0.1) is 6.92 Å². The van der Waals surface area contributed by atoms with E-state index in [0.29, 0.717) is 18.8 Å². The second-order valence-corrected chi connectivity index (χ2v) is 8.54. The van der Waals surface area contributed by atoms with Crippen LogP contribution >= 0.6 is 0 Å². The van der Waals surface area contributed by atoms with E-state index in [9.17, 15) is 13.2 Å². The van der Waals surface area contributed by atoms with E-state index >= 15 is 0 Å². The fraction of sp³-hybridized carbons (Fsp3) is 0.733. The van der Waals surface area contributed by atoms with Crippen molar-refractivity contribution in [3.63, 3.8) is 0 Å². The molecule has 1 aliphatic rings. The van der Waals surface area contributed by atoms with Gasteiger partial charge in [0.25, 0.3) is 0 Å². The van der Waals surface area contributed by atoms with Crippen LogP contribution in [0.15, 0.2) is 6.07 Å². The number of likely N-dealkylation sites (N-methyl/N-ethyl adjacent to an activating group) is 1. The van der Waals surface area contributed by atoms with Crippen LogP contribution < -0.4 is 5.32 Å². The Kier molecular flexibility index (Phi) is 5.80. The van der Waals surface area contributed by atoms with Crippen molar-refractivity contribution < 1.29 is 13.2 Å². The first-order valence-corrected chi connectivity index (χ1v) is 9.88. The predicted molar refractivity (Wildman–Crippen MR) is 90.3 cm³/mol. The highest BCUT2D eigenvalue weighted by molar-refractivity contribution is 7.91. The minimum absolute atomic E-state index is 0.0907. The molecule has 1 aromatic heterocycles. The molecule has 7 nitrogen and oxygen atoms in total. The fourth-order valence-electron chi connectivity index (χ4n) is 2.79. The van der Waals surface area contributed by atoms with Gasteiger partial charge in [0.15, 0.2) is 9.84 Å². The standard InChI is InChI=1S/C15H26N4O3S/c1-4-5-7-18(3)10-15(20)16-14-9-12(2)17-19(14)13-6-8-23(21,22)11-13/h9,13H,4-8,10-11H2,1-3H3,(H,16,20). The molecule has 0 aromatic carbocycles. The Morgan fingerprint density at radius 2 is 2.26 bits per heavy atom. The van der Waals surface area contributed by atoms with Crippen molar-refractivity contribution in [3.8, 4) is 0 Å². The van der Waals surface area contributed by atoms with Crippen molar-refractivity contribution in [1.82, 2.24) is 14.7 Å². The largest absolute Gasteiger partial charge is 0.310 e. The Morgan fingerprint density at radius 3 is 2.87 bits per heavy atom. The molecule has 130 valence electrons. The Balaban J connectivity index is 2.02. The summed E-state index contributed by atoms with van der Waals surface area (Å²) in [6.45, 7) is 5.14. The quantitative estimate of drug-likeness (QED) is 0.805. The van der Waals surface area contributed by atoms with E-state index in [-0.39, 0.29) is 23.5 Å². The van der Waals surface area contributed by atoms with Gasteiger partial charge >= 0.3 is 0 Å². The van der Waals surface area contributed by atoms with Crippen molar-refractivity contribution in [1.29, 1.82) is 0 Å². The van der Waals surface area contributed by atoms with Crippen molar-refractivity contribution in [3.05, 3.63) is 11.8 Å². The lowest BCUT2D eigenvalue weighted by molar-refractivity contribution is -0.117. The molecular weight excluding hydrogens is 316 g/mol. The molecule has 1 saturated heterocycles. The number of nitrogens with one attached hydrogen (secondary N) is 1. The number of anilines is 1. The van der Waals surface area contributed by atoms with E-state index in [1.165, 1.54) is 0 Å². The number of carbonyl (C=O) groups is 1. The lowest BCUT2D eigenvalue weighted by Crippen LogP contribution is -2.31. The van der Waals surface area contributed by atoms with Gasteiger partial charge in [0.05, 0.1) is 29.8 Å². The highest BCUT2D eigenvalue weighted by atomic mass is 32.2. The van der Waals surface area contributed by atoms with Gasteiger partial charge in [-0.1, -0.05) is 13.3 Å². The number of unbranched alkanes of at least 4 members (excludes halogenated alkanes) is 1. The maximum atomic E-state index is 12.2. The molecule has 0 radical (unpaired) electrons. The van der Waals surface area contributed by atoms with Gasteiger partial charge in [-0.05, 0) is 33.4 Å². The van der Waals surface area contributed by atoms with E-state index in [0.717, 1.165) is 25.1 Å². The average Bonchev–Trinajstić information content (AvgIpc) is 2.98. The number of carbonyl (C=O) groups excluding carboxylic acids is 1. The van der Waals surface area contributed by atoms with Gasteiger partial charge in [-0.2, -0.15) is 5.10 Å². The van der Waals surface area contributed by atoms with Gasteiger partial charge in [0, 0.05) is 6.07 Å². The number of aromatic nitrogens is 2. The highest BCUT2D eigenvalue weighted by Gasteiger charge is 2.31. The van der Waals surface area contributed by atoms with Crippen LogP contribution in [-0.2, 0) is 14.6 Å². The van der Waals surface area contributed by atoms with E-state index in [4.69, 9.17) is 0 Å². The molecular formula is C15H26N4O3S. The van der Waals surface area contributed by atoms with E-state index < -0.39 is 9.84 Å². The number of hydrogen-bond donors (Lipinski definition) is 1. The third-order valence-corrected chi connectivity index (χ3v) is 5.74. The van der Waals surface area contributed by atoms with Crippen molar-refractivity contribution in [2.45, 2.75) is 39.2 Å². The minimum Gasteiger partial charge on any atom is -0.310 e. The monoisotopic (exact) mass is 342 g/mol. The molecule has 1 atom stereocenters. The SMILES string of the molecule is CCCCN(C)CC(=O)Nc1cc(C)nn1C1CCS(=O)(=O)C1. The number of nitrogens with zero attached hydrogens (tertiary/aromatic N) is 3. The minimum atomic E-state index is -2.99. The maximum absolute atomic E-state index is 12.2. The number of sulfone groups is 1. The van der Waals surface area contributed by atoms with Gasteiger partial charge in [-0.25, -0.2) is 13.1 Å². The van der Waals surface area contributed by atoms with Gasteiger partial charge in [-0.3, -0.25) is 9.69 Å². The maximum Gasteiger partial charge on any atom is 0.239 e. The molecule has 0 aliphatic carbocycles. The van der Waals surface area contributed by atoms with Crippen LogP contribution in [0.25, 0.3) is 0 Å². The molecule has 1 aliphatic heterocycles. The molecule has 2 heterocycles. The van der Waals surface area contributed by atoms with Crippen LogP contribution in [0.4, 0.5) is 5.82 Å². The molecule has 1 N–H and O–H groups in total. The first-order valence-electron chi connectivity index (χ1n) is 8.05. The smallest absolute Gasteiger partial charge is 0.239 e. The van der Waals surface area contributed by atoms with Gasteiger partial charge in [0.2, 0.25) is 5.91 Å². The average molecular weight is 342 g/mol. The zero-order valence-electron chi connectivity index (χ0n) is 14.1. The highest BCUT2D eigenvalue weighted by Crippen LogP contribution is 2.27. The van der Waals surface area contributed by atoms with Crippen LogP contribution in [0.2, 0.25) is 0 Å². The predicted octanol–water partition coefficient (Wildman–Crippen LogP) is 1.22. The molecule has 0 saturated carbocycles. The van der Waals surface area contributed by atoms with Gasteiger partial charge in [-0.15, -0.1) is 0 Å². The summed E-state index contributed by atoms with van der Waals surface area (Å²) in [5, 5.41) is 7.23. The normalized spacial score (nSPS) is 20.1. The van der Waals surface area contributed by atoms with Gasteiger partial charge in [0.1, 0.15) is 5.82 Å².